The molecule has 33 heavy (non-hydrogen) atoms. The summed E-state index contributed by atoms with van der Waals surface area (Å²) in [7, 11) is 0. The molecule has 4 heterocycles. The third-order valence-electron chi connectivity index (χ3n) is 7.49. The fraction of sp³-hybridized carbons (Fsp3) is 0.375. The zero-order chi connectivity index (χ0) is 23.4. The van der Waals surface area contributed by atoms with Crippen molar-refractivity contribution in [2.45, 2.75) is 56.7 Å². The number of halogens is 1. The Labute approximate surface area is 193 Å². The molecule has 0 bridgehead atoms. The first kappa shape index (κ1) is 20.8. The highest BCUT2D eigenvalue weighted by Crippen LogP contribution is 2.48. The van der Waals surface area contributed by atoms with Crippen molar-refractivity contribution in [2.75, 3.05) is 0 Å². The van der Waals surface area contributed by atoms with Crippen molar-refractivity contribution in [1.29, 1.82) is 0 Å². The number of carbonyl (C=O) groups excluding carboxylic acids is 1. The molecule has 3 N–H and O–H groups in total. The highest BCUT2D eigenvalue weighted by atomic mass is 32.1. The van der Waals surface area contributed by atoms with Crippen molar-refractivity contribution in [2.24, 2.45) is 5.73 Å². The number of benzene rings is 1. The molecule has 1 aromatic carbocycles. The van der Waals surface area contributed by atoms with E-state index in [-0.39, 0.29) is 42.1 Å². The molecule has 0 amide bonds. The predicted octanol–water partition coefficient (Wildman–Crippen LogP) is 2.51. The SMILES string of the molecule is CC[C@@]1(O)C(=O)OCc2c1cc1n(c2=O)Cc2c-1nc1cc(F)c(C)c3c1c2[C@@](N)(S)CC3. The average molecular weight is 468 g/mol. The standard InChI is InChI=1S/C24H22FN3O4S/c1-3-23(31)14-6-17-20-12(8-28(17)21(29)13(14)9-32-22(23)30)19-18-11(4-5-24(19,26)33)10(2)15(25)7-16(18)27-20/h6-7,31,33H,3-5,8-9,26H2,1-2H3/t23-,24-/m0/s1. The number of thiol groups is 1. The van der Waals surface area contributed by atoms with Gasteiger partial charge in [-0.25, -0.2) is 14.2 Å². The maximum Gasteiger partial charge on any atom is 0.343 e. The van der Waals surface area contributed by atoms with Gasteiger partial charge in [-0.15, -0.1) is 0 Å². The topological polar surface area (TPSA) is 107 Å². The lowest BCUT2D eigenvalue weighted by molar-refractivity contribution is -0.172. The van der Waals surface area contributed by atoms with Crippen molar-refractivity contribution >= 4 is 29.5 Å². The number of nitrogens with two attached hydrogens (primary N) is 1. The van der Waals surface area contributed by atoms with Crippen molar-refractivity contribution in [3.8, 4) is 11.4 Å². The molecule has 9 heteroatoms. The molecular formula is C24H22FN3O4S. The van der Waals surface area contributed by atoms with Gasteiger partial charge in [0.1, 0.15) is 12.4 Å². The number of aryl methyl sites for hydroxylation is 1. The zero-order valence-electron chi connectivity index (χ0n) is 18.2. The molecule has 0 saturated heterocycles. The molecule has 0 unspecified atom stereocenters. The normalized spacial score (nSPS) is 25.0. The van der Waals surface area contributed by atoms with E-state index in [0.29, 0.717) is 35.3 Å². The predicted molar refractivity (Wildman–Crippen MR) is 122 cm³/mol. The van der Waals surface area contributed by atoms with Crippen LogP contribution >= 0.6 is 12.6 Å². The molecule has 7 nitrogen and oxygen atoms in total. The van der Waals surface area contributed by atoms with E-state index in [1.807, 2.05) is 0 Å². The van der Waals surface area contributed by atoms with Gasteiger partial charge in [0.15, 0.2) is 5.60 Å². The molecule has 6 rings (SSSR count). The third-order valence-corrected chi connectivity index (χ3v) is 7.94. The van der Waals surface area contributed by atoms with Crippen LogP contribution in [0.3, 0.4) is 0 Å². The lowest BCUT2D eigenvalue weighted by Gasteiger charge is -2.33. The van der Waals surface area contributed by atoms with Gasteiger partial charge in [-0.1, -0.05) is 6.92 Å². The summed E-state index contributed by atoms with van der Waals surface area (Å²) in [4.78, 5) is 29.6. The van der Waals surface area contributed by atoms with Crippen molar-refractivity contribution in [1.82, 2.24) is 9.55 Å². The first-order valence-corrected chi connectivity index (χ1v) is 11.4. The molecule has 2 aromatic heterocycles. The minimum absolute atomic E-state index is 0.0569. The molecule has 0 radical (unpaired) electrons. The Kier molecular flexibility index (Phi) is 4.06. The highest BCUT2D eigenvalue weighted by molar-refractivity contribution is 7.81. The molecule has 2 atom stereocenters. The fourth-order valence-corrected chi connectivity index (χ4v) is 5.98. The summed E-state index contributed by atoms with van der Waals surface area (Å²) in [5.41, 5.74) is 9.24. The third kappa shape index (κ3) is 2.50. The number of aliphatic hydroxyl groups is 1. The lowest BCUT2D eigenvalue weighted by atomic mass is 9.81. The van der Waals surface area contributed by atoms with Crippen LogP contribution in [0.5, 0.6) is 0 Å². The van der Waals surface area contributed by atoms with Gasteiger partial charge in [-0.05, 0) is 48.9 Å². The highest BCUT2D eigenvalue weighted by Gasteiger charge is 2.46. The number of cyclic esters (lactones) is 1. The second-order valence-corrected chi connectivity index (χ2v) is 10.00. The second-order valence-electron chi connectivity index (χ2n) is 9.20. The summed E-state index contributed by atoms with van der Waals surface area (Å²) in [5, 5.41) is 11.8. The fourth-order valence-electron chi connectivity index (χ4n) is 5.62. The van der Waals surface area contributed by atoms with Gasteiger partial charge in [0.25, 0.3) is 5.56 Å². The Balaban J connectivity index is 1.72. The van der Waals surface area contributed by atoms with Crippen molar-refractivity contribution < 1.29 is 19.0 Å². The second kappa shape index (κ2) is 6.43. The van der Waals surface area contributed by atoms with E-state index >= 15 is 0 Å². The monoisotopic (exact) mass is 467 g/mol. The van der Waals surface area contributed by atoms with Crippen LogP contribution < -0.4 is 11.3 Å². The molecule has 170 valence electrons. The number of nitrogens with zero attached hydrogens (tertiary/aromatic N) is 2. The Hall–Kier alpha value is -2.75. The van der Waals surface area contributed by atoms with E-state index in [1.165, 1.54) is 6.07 Å². The lowest BCUT2D eigenvalue weighted by Crippen LogP contribution is -2.44. The van der Waals surface area contributed by atoms with E-state index in [4.69, 9.17) is 28.1 Å². The number of fused-ring (bicyclic) bond motifs is 5. The quantitative estimate of drug-likeness (QED) is 0.226. The van der Waals surface area contributed by atoms with Crippen LogP contribution in [0.1, 0.15) is 53.1 Å². The maximum absolute atomic E-state index is 14.7. The number of hydrogen-bond donors (Lipinski definition) is 3. The number of carbonyl (C=O) groups is 1. The van der Waals surface area contributed by atoms with Gasteiger partial charge < -0.3 is 20.1 Å². The van der Waals surface area contributed by atoms with Gasteiger partial charge in [0.2, 0.25) is 0 Å². The van der Waals surface area contributed by atoms with Crippen molar-refractivity contribution in [3.05, 3.63) is 61.7 Å². The number of pyridine rings is 2. The summed E-state index contributed by atoms with van der Waals surface area (Å²) in [5.74, 6) is -1.12. The van der Waals surface area contributed by atoms with E-state index in [2.05, 4.69) is 0 Å². The summed E-state index contributed by atoms with van der Waals surface area (Å²) in [6.07, 6.45) is 1.15. The van der Waals surface area contributed by atoms with E-state index in [9.17, 15) is 19.1 Å². The molecular weight excluding hydrogens is 445 g/mol. The van der Waals surface area contributed by atoms with E-state index in [0.717, 1.165) is 22.1 Å². The smallest absolute Gasteiger partial charge is 0.343 e. The van der Waals surface area contributed by atoms with E-state index in [1.54, 1.807) is 24.5 Å². The van der Waals surface area contributed by atoms with Gasteiger partial charge in [0.05, 0.1) is 33.9 Å². The van der Waals surface area contributed by atoms with Gasteiger partial charge >= 0.3 is 5.97 Å². The van der Waals surface area contributed by atoms with Crippen LogP contribution in [0.15, 0.2) is 16.9 Å². The van der Waals surface area contributed by atoms with Crippen LogP contribution in [-0.4, -0.2) is 20.6 Å². The van der Waals surface area contributed by atoms with Gasteiger partial charge in [-0.3, -0.25) is 4.79 Å². The number of hydrogen-bond acceptors (Lipinski definition) is 7. The molecule has 1 aliphatic carbocycles. The largest absolute Gasteiger partial charge is 0.458 e. The average Bonchev–Trinajstić information content (AvgIpc) is 3.14. The summed E-state index contributed by atoms with van der Waals surface area (Å²) in [6.45, 7) is 3.43. The van der Waals surface area contributed by atoms with Crippen LogP contribution in [0, 0.1) is 12.7 Å². The summed E-state index contributed by atoms with van der Waals surface area (Å²) >= 11 is 4.77. The van der Waals surface area contributed by atoms with Gasteiger partial charge in [0, 0.05) is 22.6 Å². The first-order valence-electron chi connectivity index (χ1n) is 10.9. The molecule has 0 saturated carbocycles. The number of rotatable bonds is 1. The number of aromatic nitrogens is 2. The Morgan fingerprint density at radius 3 is 2.79 bits per heavy atom. The molecule has 3 aliphatic rings. The molecule has 0 fully saturated rings. The first-order chi connectivity index (χ1) is 15.6. The molecule has 0 spiro atoms. The summed E-state index contributed by atoms with van der Waals surface area (Å²) in [6, 6.07) is 3.04. The number of ether oxygens (including phenoxy) is 1. The Morgan fingerprint density at radius 1 is 1.30 bits per heavy atom. The zero-order valence-corrected chi connectivity index (χ0v) is 19.1. The number of esters is 1. The van der Waals surface area contributed by atoms with Crippen LogP contribution in [0.25, 0.3) is 22.3 Å². The summed E-state index contributed by atoms with van der Waals surface area (Å²) < 4.78 is 21.4. The molecule has 3 aromatic rings. The minimum Gasteiger partial charge on any atom is -0.458 e. The Bertz CT molecular complexity index is 1500. The van der Waals surface area contributed by atoms with Crippen LogP contribution in [-0.2, 0) is 39.6 Å². The van der Waals surface area contributed by atoms with Crippen molar-refractivity contribution in [3.63, 3.8) is 0 Å². The Morgan fingerprint density at radius 2 is 2.06 bits per heavy atom. The van der Waals surface area contributed by atoms with Crippen LogP contribution in [0.2, 0.25) is 0 Å². The molecule has 2 aliphatic heterocycles. The van der Waals surface area contributed by atoms with E-state index < -0.39 is 16.4 Å². The minimum atomic E-state index is -1.91. The maximum atomic E-state index is 14.7. The van der Waals surface area contributed by atoms with Gasteiger partial charge in [-0.2, -0.15) is 12.6 Å². The van der Waals surface area contributed by atoms with Crippen LogP contribution in [0.4, 0.5) is 4.39 Å².